The van der Waals surface area contributed by atoms with Crippen molar-refractivity contribution < 1.29 is 0 Å². The van der Waals surface area contributed by atoms with Crippen LogP contribution in [0.1, 0.15) is 16.1 Å². The molecule has 0 radical (unpaired) electrons. The van der Waals surface area contributed by atoms with Crippen LogP contribution in [-0.2, 0) is 19.5 Å². The largest absolute Gasteiger partial charge is 0.368 e. The highest BCUT2D eigenvalue weighted by atomic mass is 79.9. The number of piperazine rings is 1. The molecule has 4 heterocycles. The van der Waals surface area contributed by atoms with Gasteiger partial charge in [-0.1, -0.05) is 18.2 Å². The van der Waals surface area contributed by atoms with Crippen LogP contribution in [0.4, 0.5) is 11.6 Å². The summed E-state index contributed by atoms with van der Waals surface area (Å²) < 4.78 is 1.20. The highest BCUT2D eigenvalue weighted by Gasteiger charge is 2.23. The minimum atomic E-state index is 0.895. The number of benzene rings is 1. The summed E-state index contributed by atoms with van der Waals surface area (Å²) in [5.74, 6) is 0.895. The van der Waals surface area contributed by atoms with E-state index in [2.05, 4.69) is 79.3 Å². The van der Waals surface area contributed by atoms with Crippen LogP contribution >= 0.6 is 27.3 Å². The minimum absolute atomic E-state index is 0.895. The lowest BCUT2D eigenvalue weighted by Gasteiger charge is -2.36. The molecule has 0 bridgehead atoms. The monoisotopic (exact) mass is 469 g/mol. The van der Waals surface area contributed by atoms with Crippen LogP contribution in [-0.4, -0.2) is 47.6 Å². The summed E-state index contributed by atoms with van der Waals surface area (Å²) in [7, 11) is 0. The van der Waals surface area contributed by atoms with E-state index in [0.717, 1.165) is 58.2 Å². The summed E-state index contributed by atoms with van der Waals surface area (Å²) in [6, 6.07) is 15.0. The maximum absolute atomic E-state index is 4.95. The van der Waals surface area contributed by atoms with Gasteiger partial charge in [-0.25, -0.2) is 9.97 Å². The minimum Gasteiger partial charge on any atom is -0.368 e. The van der Waals surface area contributed by atoms with Crippen molar-refractivity contribution in [3.8, 4) is 0 Å². The van der Waals surface area contributed by atoms with Gasteiger partial charge in [0.25, 0.3) is 0 Å². The molecule has 1 fully saturated rings. The molecule has 5 nitrogen and oxygen atoms in total. The number of nitrogens with zero attached hydrogens (tertiary/aromatic N) is 5. The number of anilines is 2. The number of halogens is 1. The normalized spacial score (nSPS) is 17.4. The Labute approximate surface area is 184 Å². The Bertz CT molecular complexity index is 968. The summed E-state index contributed by atoms with van der Waals surface area (Å²) in [4.78, 5) is 18.3. The SMILES string of the molecule is Brc1ccc(CN2CCc3nc(N4CCN(c5ccccc5)CC4)ncc3C2)s1. The Morgan fingerprint density at radius 2 is 1.72 bits per heavy atom. The van der Waals surface area contributed by atoms with Crippen molar-refractivity contribution in [2.75, 3.05) is 42.5 Å². The van der Waals surface area contributed by atoms with Crippen LogP contribution in [0.25, 0.3) is 0 Å². The average molecular weight is 470 g/mol. The quantitative estimate of drug-likeness (QED) is 0.572. The van der Waals surface area contributed by atoms with Gasteiger partial charge >= 0.3 is 0 Å². The molecule has 5 rings (SSSR count). The summed E-state index contributed by atoms with van der Waals surface area (Å²) >= 11 is 5.37. The highest BCUT2D eigenvalue weighted by Crippen LogP contribution is 2.26. The number of rotatable bonds is 4. The van der Waals surface area contributed by atoms with Crippen LogP contribution in [0.2, 0.25) is 0 Å². The molecule has 0 spiro atoms. The molecule has 150 valence electrons. The first-order valence-corrected chi connectivity index (χ1v) is 11.7. The van der Waals surface area contributed by atoms with Crippen LogP contribution in [0.3, 0.4) is 0 Å². The Morgan fingerprint density at radius 1 is 0.931 bits per heavy atom. The standard InChI is InChI=1S/C22H24BrN5S/c23-21-7-6-19(29-21)16-26-9-8-20-17(15-26)14-24-22(25-20)28-12-10-27(11-13-28)18-4-2-1-3-5-18/h1-7,14H,8-13,15-16H2. The smallest absolute Gasteiger partial charge is 0.225 e. The van der Waals surface area contributed by atoms with Gasteiger partial charge in [-0.2, -0.15) is 0 Å². The number of hydrogen-bond donors (Lipinski definition) is 0. The zero-order valence-corrected chi connectivity index (χ0v) is 18.7. The Kier molecular flexibility index (Phi) is 5.52. The molecular formula is C22H24BrN5S. The van der Waals surface area contributed by atoms with E-state index in [1.807, 2.05) is 11.3 Å². The van der Waals surface area contributed by atoms with E-state index in [9.17, 15) is 0 Å². The number of para-hydroxylation sites is 1. The van der Waals surface area contributed by atoms with Gasteiger partial charge in [0.15, 0.2) is 0 Å². The molecule has 1 saturated heterocycles. The molecular weight excluding hydrogens is 446 g/mol. The fourth-order valence-electron chi connectivity index (χ4n) is 4.11. The number of aromatic nitrogens is 2. The van der Waals surface area contributed by atoms with E-state index in [1.54, 1.807) is 0 Å². The fraction of sp³-hybridized carbons (Fsp3) is 0.364. The molecule has 0 saturated carbocycles. The molecule has 2 aromatic heterocycles. The lowest BCUT2D eigenvalue weighted by Crippen LogP contribution is -2.47. The van der Waals surface area contributed by atoms with Gasteiger partial charge in [-0.05, 0) is 40.2 Å². The van der Waals surface area contributed by atoms with Gasteiger partial charge in [0.05, 0.1) is 9.48 Å². The molecule has 0 N–H and O–H groups in total. The van der Waals surface area contributed by atoms with Crippen LogP contribution in [0.15, 0.2) is 52.4 Å². The van der Waals surface area contributed by atoms with E-state index >= 15 is 0 Å². The molecule has 7 heteroatoms. The zero-order valence-electron chi connectivity index (χ0n) is 16.3. The maximum atomic E-state index is 4.95. The predicted octanol–water partition coefficient (Wildman–Crippen LogP) is 4.19. The number of hydrogen-bond acceptors (Lipinski definition) is 6. The van der Waals surface area contributed by atoms with E-state index < -0.39 is 0 Å². The number of fused-ring (bicyclic) bond motifs is 1. The van der Waals surface area contributed by atoms with Gasteiger partial charge in [0.2, 0.25) is 5.95 Å². The third-order valence-corrected chi connectivity index (χ3v) is 7.30. The summed E-state index contributed by atoms with van der Waals surface area (Å²) in [5.41, 5.74) is 3.80. The van der Waals surface area contributed by atoms with Gasteiger partial charge in [-0.15, -0.1) is 11.3 Å². The first-order valence-electron chi connectivity index (χ1n) is 10.1. The van der Waals surface area contributed by atoms with Gasteiger partial charge in [0.1, 0.15) is 0 Å². The van der Waals surface area contributed by atoms with Crippen molar-refractivity contribution in [1.82, 2.24) is 14.9 Å². The second-order valence-corrected chi connectivity index (χ2v) is 10.2. The van der Waals surface area contributed by atoms with Crippen molar-refractivity contribution in [1.29, 1.82) is 0 Å². The van der Waals surface area contributed by atoms with Gasteiger partial charge in [-0.3, -0.25) is 4.90 Å². The summed E-state index contributed by atoms with van der Waals surface area (Å²) in [6.45, 7) is 6.94. The second kappa shape index (κ2) is 8.42. The van der Waals surface area contributed by atoms with Crippen molar-refractivity contribution in [2.45, 2.75) is 19.5 Å². The van der Waals surface area contributed by atoms with Crippen LogP contribution in [0.5, 0.6) is 0 Å². The van der Waals surface area contributed by atoms with E-state index in [-0.39, 0.29) is 0 Å². The summed E-state index contributed by atoms with van der Waals surface area (Å²) in [6.07, 6.45) is 3.05. The molecule has 0 amide bonds. The molecule has 2 aliphatic heterocycles. The maximum Gasteiger partial charge on any atom is 0.225 e. The van der Waals surface area contributed by atoms with Crippen molar-refractivity contribution in [3.05, 3.63) is 68.6 Å². The lowest BCUT2D eigenvalue weighted by molar-refractivity contribution is 0.245. The van der Waals surface area contributed by atoms with Crippen LogP contribution in [0, 0.1) is 0 Å². The molecule has 0 unspecified atom stereocenters. The third kappa shape index (κ3) is 4.32. The van der Waals surface area contributed by atoms with Gasteiger partial charge in [0, 0.05) is 74.6 Å². The molecule has 0 aliphatic carbocycles. The Morgan fingerprint density at radius 3 is 2.48 bits per heavy atom. The fourth-order valence-corrected chi connectivity index (χ4v) is 5.64. The summed E-state index contributed by atoms with van der Waals surface area (Å²) in [5, 5.41) is 0. The molecule has 29 heavy (non-hydrogen) atoms. The number of thiophene rings is 1. The predicted molar refractivity (Wildman–Crippen MR) is 123 cm³/mol. The van der Waals surface area contributed by atoms with E-state index in [4.69, 9.17) is 9.97 Å². The van der Waals surface area contributed by atoms with E-state index in [0.29, 0.717) is 0 Å². The second-order valence-electron chi connectivity index (χ2n) is 7.62. The molecule has 2 aliphatic rings. The van der Waals surface area contributed by atoms with Crippen molar-refractivity contribution >= 4 is 38.9 Å². The van der Waals surface area contributed by atoms with Crippen molar-refractivity contribution in [3.63, 3.8) is 0 Å². The highest BCUT2D eigenvalue weighted by molar-refractivity contribution is 9.11. The third-order valence-electron chi connectivity index (χ3n) is 5.69. The average Bonchev–Trinajstić information content (AvgIpc) is 3.18. The Balaban J connectivity index is 1.22. The molecule has 0 atom stereocenters. The zero-order chi connectivity index (χ0) is 19.6. The van der Waals surface area contributed by atoms with Gasteiger partial charge < -0.3 is 9.80 Å². The Hall–Kier alpha value is -1.96. The molecule has 1 aromatic carbocycles. The van der Waals surface area contributed by atoms with Crippen LogP contribution < -0.4 is 9.80 Å². The first-order chi connectivity index (χ1) is 14.2. The molecule has 3 aromatic rings. The topological polar surface area (TPSA) is 35.5 Å². The van der Waals surface area contributed by atoms with E-state index in [1.165, 1.54) is 25.6 Å². The lowest BCUT2D eigenvalue weighted by atomic mass is 10.1. The first kappa shape index (κ1) is 19.0. The van der Waals surface area contributed by atoms with Crippen molar-refractivity contribution in [2.24, 2.45) is 0 Å².